The maximum Gasteiger partial charge on any atom is 0.277 e. The van der Waals surface area contributed by atoms with Crippen molar-refractivity contribution in [3.8, 4) is 17.2 Å². The van der Waals surface area contributed by atoms with Crippen LogP contribution in [0.2, 0.25) is 0 Å². The number of aryl methyl sites for hydroxylation is 1. The minimum Gasteiger partial charge on any atom is -0.506 e. The molecule has 2 aromatic carbocycles. The normalized spacial score (nSPS) is 10.8. The number of rotatable bonds is 5. The first kappa shape index (κ1) is 18.3. The van der Waals surface area contributed by atoms with Gasteiger partial charge in [-0.15, -0.1) is 0 Å². The number of phenolic OH excluding ortho intramolecular Hbond substituents is 2. The van der Waals surface area contributed by atoms with E-state index in [1.807, 2.05) is 25.1 Å². The van der Waals surface area contributed by atoms with Gasteiger partial charge in [-0.25, -0.2) is 5.43 Å². The summed E-state index contributed by atoms with van der Waals surface area (Å²) in [7, 11) is 0. The Morgan fingerprint density at radius 1 is 1.29 bits per heavy atom. The van der Waals surface area contributed by atoms with Gasteiger partial charge in [0.15, 0.2) is 6.61 Å². The second-order valence-corrected chi connectivity index (χ2v) is 6.50. The molecule has 0 spiro atoms. The molecule has 2 aromatic rings. The lowest BCUT2D eigenvalue weighted by molar-refractivity contribution is -0.123. The Morgan fingerprint density at radius 2 is 2.04 bits per heavy atom. The molecule has 0 aliphatic heterocycles. The summed E-state index contributed by atoms with van der Waals surface area (Å²) in [5.74, 6) is -0.160. The molecule has 0 aromatic heterocycles. The van der Waals surface area contributed by atoms with E-state index in [1.165, 1.54) is 12.3 Å². The first-order chi connectivity index (χ1) is 11.4. The fourth-order valence-electron chi connectivity index (χ4n) is 1.78. The molecule has 0 bridgehead atoms. The van der Waals surface area contributed by atoms with E-state index >= 15 is 0 Å². The summed E-state index contributed by atoms with van der Waals surface area (Å²) < 4.78 is 5.86. The highest BCUT2D eigenvalue weighted by molar-refractivity contribution is 9.11. The molecule has 24 heavy (non-hydrogen) atoms. The second kappa shape index (κ2) is 8.16. The van der Waals surface area contributed by atoms with Gasteiger partial charge in [0.05, 0.1) is 10.7 Å². The van der Waals surface area contributed by atoms with E-state index in [2.05, 4.69) is 42.4 Å². The number of phenols is 2. The van der Waals surface area contributed by atoms with Gasteiger partial charge in [0.2, 0.25) is 0 Å². The Hall–Kier alpha value is -2.06. The van der Waals surface area contributed by atoms with Gasteiger partial charge >= 0.3 is 0 Å². The number of ether oxygens (including phenoxy) is 1. The fourth-order valence-corrected chi connectivity index (χ4v) is 2.93. The Bertz CT molecular complexity index is 794. The van der Waals surface area contributed by atoms with Gasteiger partial charge < -0.3 is 14.9 Å². The molecule has 2 rings (SSSR count). The molecule has 0 radical (unpaired) electrons. The van der Waals surface area contributed by atoms with E-state index in [4.69, 9.17) is 4.74 Å². The summed E-state index contributed by atoms with van der Waals surface area (Å²) in [6.45, 7) is 1.74. The third-order valence-electron chi connectivity index (χ3n) is 2.95. The molecule has 0 unspecified atom stereocenters. The molecular formula is C16H14Br2N2O4. The predicted octanol–water partition coefficient (Wildman–Crippen LogP) is 3.46. The van der Waals surface area contributed by atoms with Crippen molar-refractivity contribution in [2.45, 2.75) is 6.92 Å². The van der Waals surface area contributed by atoms with Crippen LogP contribution in [-0.2, 0) is 4.79 Å². The van der Waals surface area contributed by atoms with Crippen LogP contribution >= 0.6 is 31.9 Å². The molecule has 8 heteroatoms. The zero-order chi connectivity index (χ0) is 17.7. The number of nitrogens with one attached hydrogen (secondary N) is 1. The van der Waals surface area contributed by atoms with Gasteiger partial charge in [-0.3, -0.25) is 4.79 Å². The van der Waals surface area contributed by atoms with Crippen LogP contribution in [0.1, 0.15) is 11.1 Å². The first-order valence-electron chi connectivity index (χ1n) is 6.79. The van der Waals surface area contributed by atoms with Crippen molar-refractivity contribution < 1.29 is 19.7 Å². The van der Waals surface area contributed by atoms with Crippen molar-refractivity contribution in [1.29, 1.82) is 0 Å². The smallest absolute Gasteiger partial charge is 0.277 e. The molecular weight excluding hydrogens is 444 g/mol. The number of aromatic hydroxyl groups is 2. The number of hydrazone groups is 1. The Balaban J connectivity index is 1.93. The number of amides is 1. The number of hydrogen-bond donors (Lipinski definition) is 3. The first-order valence-corrected chi connectivity index (χ1v) is 8.38. The van der Waals surface area contributed by atoms with E-state index in [9.17, 15) is 15.0 Å². The molecule has 0 aliphatic rings. The molecule has 0 atom stereocenters. The van der Waals surface area contributed by atoms with Gasteiger partial charge in [0.25, 0.3) is 5.91 Å². The minimum absolute atomic E-state index is 0.125. The Labute approximate surface area is 155 Å². The van der Waals surface area contributed by atoms with Gasteiger partial charge in [-0.05, 0) is 62.5 Å². The van der Waals surface area contributed by atoms with Crippen LogP contribution in [0.15, 0.2) is 44.4 Å². The molecule has 6 nitrogen and oxygen atoms in total. The maximum absolute atomic E-state index is 11.7. The van der Waals surface area contributed by atoms with Crippen molar-refractivity contribution in [3.05, 3.63) is 50.4 Å². The lowest BCUT2D eigenvalue weighted by Crippen LogP contribution is -2.24. The van der Waals surface area contributed by atoms with Gasteiger partial charge in [-0.1, -0.05) is 12.1 Å². The quantitative estimate of drug-likeness (QED) is 0.473. The lowest BCUT2D eigenvalue weighted by Gasteiger charge is -2.07. The van der Waals surface area contributed by atoms with Crippen molar-refractivity contribution in [2.24, 2.45) is 5.10 Å². The molecule has 0 fully saturated rings. The SMILES string of the molecule is Cc1cccc(OCC(=O)N/N=C\c2cc(Br)c(O)c(Br)c2O)c1. The summed E-state index contributed by atoms with van der Waals surface area (Å²) in [5, 5.41) is 23.3. The Morgan fingerprint density at radius 3 is 2.75 bits per heavy atom. The van der Waals surface area contributed by atoms with Crippen LogP contribution in [0.3, 0.4) is 0 Å². The lowest BCUT2D eigenvalue weighted by atomic mass is 10.2. The average molecular weight is 458 g/mol. The van der Waals surface area contributed by atoms with Crippen LogP contribution in [-0.4, -0.2) is 28.9 Å². The van der Waals surface area contributed by atoms with Crippen molar-refractivity contribution in [2.75, 3.05) is 6.61 Å². The third kappa shape index (κ3) is 4.72. The van der Waals surface area contributed by atoms with Gasteiger partial charge in [0.1, 0.15) is 21.7 Å². The van der Waals surface area contributed by atoms with Crippen LogP contribution in [0, 0.1) is 6.92 Å². The Kier molecular flexibility index (Phi) is 6.22. The van der Waals surface area contributed by atoms with Crippen molar-refractivity contribution >= 4 is 44.0 Å². The molecule has 0 saturated heterocycles. The molecule has 3 N–H and O–H groups in total. The van der Waals surface area contributed by atoms with E-state index in [1.54, 1.807) is 6.07 Å². The van der Waals surface area contributed by atoms with Gasteiger partial charge in [0, 0.05) is 5.56 Å². The number of halogens is 2. The number of carbonyl (C=O) groups is 1. The zero-order valence-corrected chi connectivity index (χ0v) is 15.8. The fraction of sp³-hybridized carbons (Fsp3) is 0.125. The molecule has 0 saturated carbocycles. The highest BCUT2D eigenvalue weighted by atomic mass is 79.9. The topological polar surface area (TPSA) is 91.2 Å². The monoisotopic (exact) mass is 456 g/mol. The maximum atomic E-state index is 11.7. The summed E-state index contributed by atoms with van der Waals surface area (Å²) in [5.41, 5.74) is 3.64. The average Bonchev–Trinajstić information content (AvgIpc) is 2.55. The highest BCUT2D eigenvalue weighted by Crippen LogP contribution is 2.40. The van der Waals surface area contributed by atoms with Crippen LogP contribution in [0.4, 0.5) is 0 Å². The third-order valence-corrected chi connectivity index (χ3v) is 4.31. The summed E-state index contributed by atoms with van der Waals surface area (Å²) in [6, 6.07) is 8.81. The van der Waals surface area contributed by atoms with E-state index < -0.39 is 5.91 Å². The van der Waals surface area contributed by atoms with Crippen LogP contribution < -0.4 is 10.2 Å². The highest BCUT2D eigenvalue weighted by Gasteiger charge is 2.12. The van der Waals surface area contributed by atoms with E-state index in [-0.39, 0.29) is 22.6 Å². The molecule has 1 amide bonds. The number of benzene rings is 2. The summed E-state index contributed by atoms with van der Waals surface area (Å²) in [6.07, 6.45) is 1.26. The predicted molar refractivity (Wildman–Crippen MR) is 97.6 cm³/mol. The summed E-state index contributed by atoms with van der Waals surface area (Å²) in [4.78, 5) is 11.7. The van der Waals surface area contributed by atoms with E-state index in [0.717, 1.165) is 5.56 Å². The zero-order valence-electron chi connectivity index (χ0n) is 12.6. The van der Waals surface area contributed by atoms with Crippen molar-refractivity contribution in [1.82, 2.24) is 5.43 Å². The largest absolute Gasteiger partial charge is 0.506 e. The number of carbonyl (C=O) groups excluding carboxylic acids is 1. The molecule has 126 valence electrons. The summed E-state index contributed by atoms with van der Waals surface area (Å²) >= 11 is 6.21. The van der Waals surface area contributed by atoms with Crippen LogP contribution in [0.5, 0.6) is 17.2 Å². The number of hydrogen-bond acceptors (Lipinski definition) is 5. The van der Waals surface area contributed by atoms with Crippen LogP contribution in [0.25, 0.3) is 0 Å². The second-order valence-electron chi connectivity index (χ2n) is 4.86. The standard InChI is InChI=1S/C16H14Br2N2O4/c1-9-3-2-4-11(5-9)24-8-13(21)20-19-7-10-6-12(17)16(23)14(18)15(10)22/h2-7,22-23H,8H2,1H3,(H,20,21)/b19-7-. The minimum atomic E-state index is -0.441. The van der Waals surface area contributed by atoms with Crippen molar-refractivity contribution in [3.63, 3.8) is 0 Å². The molecule has 0 aliphatic carbocycles. The number of nitrogens with zero attached hydrogens (tertiary/aromatic N) is 1. The molecule has 0 heterocycles. The van der Waals surface area contributed by atoms with E-state index in [0.29, 0.717) is 15.8 Å². The van der Waals surface area contributed by atoms with Gasteiger partial charge in [-0.2, -0.15) is 5.10 Å².